The van der Waals surface area contributed by atoms with Crippen molar-refractivity contribution in [2.45, 2.75) is 25.7 Å². The summed E-state index contributed by atoms with van der Waals surface area (Å²) in [5.41, 5.74) is 2.03. The van der Waals surface area contributed by atoms with Crippen molar-refractivity contribution in [1.29, 1.82) is 0 Å². The van der Waals surface area contributed by atoms with Gasteiger partial charge in [-0.15, -0.1) is 0 Å². The SMILES string of the molecule is CCN(CC)S(=O)(=O)c1ccc(C)c(C(=O)NCC(=O)N2CCN(c3ccccc3)CC2)c1. The molecule has 0 aliphatic carbocycles. The molecule has 2 aromatic carbocycles. The van der Waals surface area contributed by atoms with Crippen LogP contribution >= 0.6 is 0 Å². The third-order valence-electron chi connectivity index (χ3n) is 5.95. The smallest absolute Gasteiger partial charge is 0.252 e. The molecular weight excluding hydrogens is 440 g/mol. The van der Waals surface area contributed by atoms with Crippen molar-refractivity contribution in [1.82, 2.24) is 14.5 Å². The summed E-state index contributed by atoms with van der Waals surface area (Å²) in [6.45, 7) is 8.48. The molecule has 0 atom stereocenters. The predicted molar refractivity (Wildman–Crippen MR) is 129 cm³/mol. The van der Waals surface area contributed by atoms with E-state index in [9.17, 15) is 18.0 Å². The first kappa shape index (κ1) is 24.7. The quantitative estimate of drug-likeness (QED) is 0.636. The topological polar surface area (TPSA) is 90.0 Å². The van der Waals surface area contributed by atoms with Crippen LogP contribution in [0.25, 0.3) is 0 Å². The highest BCUT2D eigenvalue weighted by molar-refractivity contribution is 7.89. The van der Waals surface area contributed by atoms with Gasteiger partial charge in [0, 0.05) is 50.5 Å². The number of benzene rings is 2. The normalized spacial score (nSPS) is 14.4. The standard InChI is InChI=1S/C24H32N4O4S/c1-4-28(5-2)33(31,32)21-12-11-19(3)22(17-21)24(30)25-18-23(29)27-15-13-26(14-16-27)20-9-7-6-8-10-20/h6-12,17H,4-5,13-16,18H2,1-3H3,(H,25,30). The maximum atomic E-state index is 12.8. The Kier molecular flexibility index (Phi) is 8.10. The molecule has 1 N–H and O–H groups in total. The first-order valence-corrected chi connectivity index (χ1v) is 12.7. The summed E-state index contributed by atoms with van der Waals surface area (Å²) in [6, 6.07) is 14.6. The first-order chi connectivity index (χ1) is 15.8. The summed E-state index contributed by atoms with van der Waals surface area (Å²) < 4.78 is 27.0. The van der Waals surface area contributed by atoms with Crippen molar-refractivity contribution in [3.63, 3.8) is 0 Å². The Morgan fingerprint density at radius 3 is 2.21 bits per heavy atom. The number of carbonyl (C=O) groups is 2. The lowest BCUT2D eigenvalue weighted by Crippen LogP contribution is -2.51. The lowest BCUT2D eigenvalue weighted by molar-refractivity contribution is -0.130. The number of para-hydroxylation sites is 1. The van der Waals surface area contributed by atoms with E-state index in [1.54, 1.807) is 31.7 Å². The highest BCUT2D eigenvalue weighted by Gasteiger charge is 2.25. The Morgan fingerprint density at radius 2 is 1.61 bits per heavy atom. The zero-order valence-corrected chi connectivity index (χ0v) is 20.3. The van der Waals surface area contributed by atoms with E-state index >= 15 is 0 Å². The summed E-state index contributed by atoms with van der Waals surface area (Å²) in [5.74, 6) is -0.610. The van der Waals surface area contributed by atoms with E-state index in [2.05, 4.69) is 22.3 Å². The van der Waals surface area contributed by atoms with Crippen molar-refractivity contribution in [3.05, 3.63) is 59.7 Å². The van der Waals surface area contributed by atoms with Gasteiger partial charge in [-0.3, -0.25) is 9.59 Å². The second-order valence-electron chi connectivity index (χ2n) is 7.95. The second kappa shape index (κ2) is 10.8. The maximum absolute atomic E-state index is 12.8. The van der Waals surface area contributed by atoms with Crippen LogP contribution in [0.5, 0.6) is 0 Å². The van der Waals surface area contributed by atoms with E-state index in [0.29, 0.717) is 31.7 Å². The number of sulfonamides is 1. The molecule has 8 nitrogen and oxygen atoms in total. The molecule has 2 amide bonds. The van der Waals surface area contributed by atoms with Crippen molar-refractivity contribution < 1.29 is 18.0 Å². The number of carbonyl (C=O) groups excluding carboxylic acids is 2. The lowest BCUT2D eigenvalue weighted by atomic mass is 10.1. The number of piperazine rings is 1. The number of anilines is 1. The molecular formula is C24H32N4O4S. The van der Waals surface area contributed by atoms with Crippen LogP contribution in [0, 0.1) is 6.92 Å². The molecule has 0 radical (unpaired) electrons. The molecule has 0 bridgehead atoms. The molecule has 178 valence electrons. The van der Waals surface area contributed by atoms with Gasteiger partial charge in [0.2, 0.25) is 15.9 Å². The number of aryl methyl sites for hydroxylation is 1. The van der Waals surface area contributed by atoms with Crippen LogP contribution in [-0.4, -0.2) is 75.3 Å². The zero-order valence-electron chi connectivity index (χ0n) is 19.5. The van der Waals surface area contributed by atoms with E-state index in [4.69, 9.17) is 0 Å². The molecule has 1 aliphatic rings. The van der Waals surface area contributed by atoms with Gasteiger partial charge in [-0.2, -0.15) is 4.31 Å². The van der Waals surface area contributed by atoms with Gasteiger partial charge in [0.15, 0.2) is 0 Å². The molecule has 0 unspecified atom stereocenters. The van der Waals surface area contributed by atoms with Gasteiger partial charge in [-0.1, -0.05) is 38.1 Å². The van der Waals surface area contributed by atoms with Crippen molar-refractivity contribution in [2.75, 3.05) is 50.7 Å². The molecule has 0 saturated carbocycles. The molecule has 3 rings (SSSR count). The van der Waals surface area contributed by atoms with Gasteiger partial charge >= 0.3 is 0 Å². The Labute approximate surface area is 196 Å². The Hall–Kier alpha value is -2.91. The van der Waals surface area contributed by atoms with Gasteiger partial charge in [-0.25, -0.2) is 8.42 Å². The van der Waals surface area contributed by atoms with Crippen molar-refractivity contribution >= 4 is 27.5 Å². The van der Waals surface area contributed by atoms with Crippen LogP contribution in [-0.2, 0) is 14.8 Å². The van der Waals surface area contributed by atoms with E-state index in [1.807, 2.05) is 18.2 Å². The van der Waals surface area contributed by atoms with Crippen LogP contribution in [0.4, 0.5) is 5.69 Å². The summed E-state index contributed by atoms with van der Waals surface area (Å²) in [5, 5.41) is 2.66. The molecule has 1 heterocycles. The largest absolute Gasteiger partial charge is 0.368 e. The van der Waals surface area contributed by atoms with Gasteiger partial charge in [0.1, 0.15) is 0 Å². The zero-order chi connectivity index (χ0) is 24.0. The van der Waals surface area contributed by atoms with E-state index in [0.717, 1.165) is 18.8 Å². The Balaban J connectivity index is 1.60. The second-order valence-corrected chi connectivity index (χ2v) is 9.89. The number of rotatable bonds is 8. The van der Waals surface area contributed by atoms with Gasteiger partial charge in [0.25, 0.3) is 5.91 Å². The van der Waals surface area contributed by atoms with Crippen LogP contribution in [0.2, 0.25) is 0 Å². The fraction of sp³-hybridized carbons (Fsp3) is 0.417. The fourth-order valence-corrected chi connectivity index (χ4v) is 5.42. The highest BCUT2D eigenvalue weighted by Crippen LogP contribution is 2.20. The molecule has 0 spiro atoms. The number of hydrogen-bond acceptors (Lipinski definition) is 5. The molecule has 1 fully saturated rings. The van der Waals surface area contributed by atoms with Gasteiger partial charge < -0.3 is 15.1 Å². The molecule has 1 aliphatic heterocycles. The minimum atomic E-state index is -3.68. The number of amides is 2. The van der Waals surface area contributed by atoms with Gasteiger partial charge in [-0.05, 0) is 36.8 Å². The van der Waals surface area contributed by atoms with Crippen LogP contribution in [0.15, 0.2) is 53.4 Å². The van der Waals surface area contributed by atoms with E-state index < -0.39 is 15.9 Å². The summed E-state index contributed by atoms with van der Waals surface area (Å²) >= 11 is 0. The Morgan fingerprint density at radius 1 is 0.970 bits per heavy atom. The maximum Gasteiger partial charge on any atom is 0.252 e. The summed E-state index contributed by atoms with van der Waals surface area (Å²) in [7, 11) is -3.68. The predicted octanol–water partition coefficient (Wildman–Crippen LogP) is 2.10. The monoisotopic (exact) mass is 472 g/mol. The lowest BCUT2D eigenvalue weighted by Gasteiger charge is -2.36. The molecule has 9 heteroatoms. The average Bonchev–Trinajstić information content (AvgIpc) is 2.83. The number of nitrogens with zero attached hydrogens (tertiary/aromatic N) is 3. The van der Waals surface area contributed by atoms with Crippen LogP contribution in [0.1, 0.15) is 29.8 Å². The highest BCUT2D eigenvalue weighted by atomic mass is 32.2. The van der Waals surface area contributed by atoms with Crippen molar-refractivity contribution in [3.8, 4) is 0 Å². The van der Waals surface area contributed by atoms with Crippen molar-refractivity contribution in [2.24, 2.45) is 0 Å². The Bertz CT molecular complexity index is 1080. The number of nitrogens with one attached hydrogen (secondary N) is 1. The summed E-state index contributed by atoms with van der Waals surface area (Å²) in [6.07, 6.45) is 0. The molecule has 1 saturated heterocycles. The number of hydrogen-bond donors (Lipinski definition) is 1. The molecule has 0 aromatic heterocycles. The third kappa shape index (κ3) is 5.72. The van der Waals surface area contributed by atoms with Crippen LogP contribution in [0.3, 0.4) is 0 Å². The average molecular weight is 473 g/mol. The van der Waals surface area contributed by atoms with Gasteiger partial charge in [0.05, 0.1) is 11.4 Å². The molecule has 33 heavy (non-hydrogen) atoms. The minimum Gasteiger partial charge on any atom is -0.368 e. The summed E-state index contributed by atoms with van der Waals surface area (Å²) in [4.78, 5) is 29.5. The third-order valence-corrected chi connectivity index (χ3v) is 8.00. The first-order valence-electron chi connectivity index (χ1n) is 11.2. The van der Waals surface area contributed by atoms with Crippen LogP contribution < -0.4 is 10.2 Å². The van der Waals surface area contributed by atoms with E-state index in [1.165, 1.54) is 16.4 Å². The molecule has 2 aromatic rings. The van der Waals surface area contributed by atoms with E-state index in [-0.39, 0.29) is 22.9 Å². The minimum absolute atomic E-state index is 0.0744. The fourth-order valence-electron chi connectivity index (χ4n) is 3.93.